The van der Waals surface area contributed by atoms with Gasteiger partial charge in [-0.25, -0.2) is 18.2 Å². The Hall–Kier alpha value is -1.10. The maximum Gasteiger partial charge on any atom is 0.195 e. The Balaban J connectivity index is 2.91. The highest BCUT2D eigenvalue weighted by Gasteiger charge is 2.13. The van der Waals surface area contributed by atoms with Crippen molar-refractivity contribution in [3.8, 4) is 0 Å². The van der Waals surface area contributed by atoms with Gasteiger partial charge in [-0.05, 0) is 28.1 Å². The molecule has 5 heteroatoms. The molecule has 14 heavy (non-hydrogen) atoms. The zero-order valence-corrected chi connectivity index (χ0v) is 8.28. The summed E-state index contributed by atoms with van der Waals surface area (Å²) in [7, 11) is 0. The third-order valence-electron chi connectivity index (χ3n) is 1.79. The molecule has 2 aromatic rings. The third kappa shape index (κ3) is 1.37. The Labute approximate surface area is 85.7 Å². The van der Waals surface area contributed by atoms with Crippen LogP contribution in [0.2, 0.25) is 0 Å². The van der Waals surface area contributed by atoms with Crippen molar-refractivity contribution >= 4 is 26.8 Å². The number of benzene rings is 1. The van der Waals surface area contributed by atoms with Crippen LogP contribution in [0.15, 0.2) is 22.8 Å². The van der Waals surface area contributed by atoms with Crippen LogP contribution in [0.1, 0.15) is 0 Å². The summed E-state index contributed by atoms with van der Waals surface area (Å²) in [5.41, 5.74) is 0.0794. The van der Waals surface area contributed by atoms with Crippen LogP contribution in [-0.2, 0) is 0 Å². The minimum atomic E-state index is -1.47. The summed E-state index contributed by atoms with van der Waals surface area (Å²) in [6.45, 7) is 0. The van der Waals surface area contributed by atoms with E-state index in [0.717, 1.165) is 6.07 Å². The number of fused-ring (bicyclic) bond motifs is 1. The normalized spacial score (nSPS) is 10.9. The maximum absolute atomic E-state index is 13.1. The summed E-state index contributed by atoms with van der Waals surface area (Å²) in [5, 5.41) is -0.0351. The van der Waals surface area contributed by atoms with E-state index < -0.39 is 17.5 Å². The first kappa shape index (κ1) is 9.45. The molecule has 72 valence electrons. The highest BCUT2D eigenvalue weighted by atomic mass is 79.9. The molecule has 1 nitrogen and oxygen atoms in total. The first-order valence-corrected chi connectivity index (χ1v) is 4.48. The first-order chi connectivity index (χ1) is 6.59. The van der Waals surface area contributed by atoms with E-state index in [0.29, 0.717) is 4.60 Å². The second-order valence-electron chi connectivity index (χ2n) is 2.69. The van der Waals surface area contributed by atoms with Gasteiger partial charge in [0.05, 0.1) is 5.52 Å². The molecule has 1 aromatic carbocycles. The van der Waals surface area contributed by atoms with E-state index in [1.165, 1.54) is 12.1 Å². The molecule has 0 spiro atoms. The van der Waals surface area contributed by atoms with E-state index in [2.05, 4.69) is 20.9 Å². The summed E-state index contributed by atoms with van der Waals surface area (Å²) < 4.78 is 39.1. The second kappa shape index (κ2) is 3.24. The van der Waals surface area contributed by atoms with Crippen LogP contribution >= 0.6 is 15.9 Å². The van der Waals surface area contributed by atoms with E-state index in [-0.39, 0.29) is 10.9 Å². The van der Waals surface area contributed by atoms with E-state index >= 15 is 0 Å². The molecule has 0 aliphatic heterocycles. The summed E-state index contributed by atoms with van der Waals surface area (Å²) in [6, 6.07) is 3.66. The van der Waals surface area contributed by atoms with Crippen LogP contribution in [0.3, 0.4) is 0 Å². The molecule has 0 saturated heterocycles. The molecular weight excluding hydrogens is 259 g/mol. The Morgan fingerprint density at radius 3 is 2.50 bits per heavy atom. The number of pyridine rings is 1. The van der Waals surface area contributed by atoms with Gasteiger partial charge in [0.25, 0.3) is 0 Å². The smallest absolute Gasteiger partial charge is 0.195 e. The van der Waals surface area contributed by atoms with Crippen LogP contribution in [0.5, 0.6) is 0 Å². The molecule has 0 radical (unpaired) electrons. The lowest BCUT2D eigenvalue weighted by molar-refractivity contribution is 0.453. The van der Waals surface area contributed by atoms with Crippen molar-refractivity contribution in [1.29, 1.82) is 0 Å². The van der Waals surface area contributed by atoms with Crippen molar-refractivity contribution in [2.45, 2.75) is 0 Å². The quantitative estimate of drug-likeness (QED) is 0.523. The lowest BCUT2D eigenvalue weighted by Gasteiger charge is -2.01. The van der Waals surface area contributed by atoms with Crippen LogP contribution in [0, 0.1) is 17.5 Å². The van der Waals surface area contributed by atoms with Gasteiger partial charge < -0.3 is 0 Å². The van der Waals surface area contributed by atoms with E-state index in [1.807, 2.05) is 0 Å². The van der Waals surface area contributed by atoms with Gasteiger partial charge in [-0.15, -0.1) is 0 Å². The molecule has 0 fully saturated rings. The monoisotopic (exact) mass is 261 g/mol. The lowest BCUT2D eigenvalue weighted by atomic mass is 10.2. The molecular formula is C9H3BrF3N. The fraction of sp³-hybridized carbons (Fsp3) is 0. The van der Waals surface area contributed by atoms with Crippen molar-refractivity contribution in [3.63, 3.8) is 0 Å². The summed E-state index contributed by atoms with van der Waals surface area (Å²) in [4.78, 5) is 3.81. The standard InChI is InChI=1S/C9H3BrF3N/c10-7-2-1-4-6(14-7)3-5(11)9(13)8(4)12/h1-3H. The minimum Gasteiger partial charge on any atom is -0.241 e. The zero-order valence-electron chi connectivity index (χ0n) is 6.69. The van der Waals surface area contributed by atoms with Gasteiger partial charge in [-0.3, -0.25) is 0 Å². The predicted octanol–water partition coefficient (Wildman–Crippen LogP) is 3.41. The number of rotatable bonds is 0. The van der Waals surface area contributed by atoms with Crippen molar-refractivity contribution in [2.24, 2.45) is 0 Å². The molecule has 0 amide bonds. The van der Waals surface area contributed by atoms with E-state index in [1.54, 1.807) is 0 Å². The van der Waals surface area contributed by atoms with Crippen molar-refractivity contribution < 1.29 is 13.2 Å². The Kier molecular flexibility index (Phi) is 2.19. The SMILES string of the molecule is Fc1cc2nc(Br)ccc2c(F)c1F. The van der Waals surface area contributed by atoms with Crippen LogP contribution in [0.4, 0.5) is 13.2 Å². The second-order valence-corrected chi connectivity index (χ2v) is 3.50. The molecule has 1 aromatic heterocycles. The highest BCUT2D eigenvalue weighted by Crippen LogP contribution is 2.23. The van der Waals surface area contributed by atoms with Crippen LogP contribution in [0.25, 0.3) is 10.9 Å². The summed E-state index contributed by atoms with van der Waals surface area (Å²) in [6.07, 6.45) is 0. The molecule has 0 N–H and O–H groups in total. The molecule has 0 unspecified atom stereocenters. The van der Waals surface area contributed by atoms with E-state index in [9.17, 15) is 13.2 Å². The van der Waals surface area contributed by atoms with Gasteiger partial charge in [0.2, 0.25) is 0 Å². The largest absolute Gasteiger partial charge is 0.241 e. The number of aromatic nitrogens is 1. The Morgan fingerprint density at radius 2 is 1.79 bits per heavy atom. The molecule has 0 saturated carbocycles. The molecule has 0 bridgehead atoms. The average Bonchev–Trinajstić information content (AvgIpc) is 2.14. The Bertz CT molecular complexity index is 513. The van der Waals surface area contributed by atoms with Crippen LogP contribution < -0.4 is 0 Å². The van der Waals surface area contributed by atoms with Gasteiger partial charge >= 0.3 is 0 Å². The van der Waals surface area contributed by atoms with Crippen LogP contribution in [-0.4, -0.2) is 4.98 Å². The number of nitrogens with zero attached hydrogens (tertiary/aromatic N) is 1. The van der Waals surface area contributed by atoms with Gasteiger partial charge in [-0.2, -0.15) is 0 Å². The molecule has 0 aliphatic rings. The average molecular weight is 262 g/mol. The molecule has 0 atom stereocenters. The molecule has 1 heterocycles. The summed E-state index contributed by atoms with van der Waals surface area (Å²) in [5.74, 6) is -3.91. The summed E-state index contributed by atoms with van der Waals surface area (Å²) >= 11 is 3.05. The Morgan fingerprint density at radius 1 is 1.07 bits per heavy atom. The van der Waals surface area contributed by atoms with Gasteiger partial charge in [0, 0.05) is 11.5 Å². The van der Waals surface area contributed by atoms with Crippen molar-refractivity contribution in [2.75, 3.05) is 0 Å². The first-order valence-electron chi connectivity index (χ1n) is 3.69. The van der Waals surface area contributed by atoms with Crippen molar-refractivity contribution in [1.82, 2.24) is 4.98 Å². The fourth-order valence-corrected chi connectivity index (χ4v) is 1.48. The fourth-order valence-electron chi connectivity index (χ4n) is 1.15. The number of halogens is 4. The third-order valence-corrected chi connectivity index (χ3v) is 2.23. The van der Waals surface area contributed by atoms with Gasteiger partial charge in [0.15, 0.2) is 17.5 Å². The highest BCUT2D eigenvalue weighted by molar-refractivity contribution is 9.10. The molecule has 0 aliphatic carbocycles. The molecule has 2 rings (SSSR count). The van der Waals surface area contributed by atoms with Gasteiger partial charge in [0.1, 0.15) is 4.60 Å². The topological polar surface area (TPSA) is 12.9 Å². The minimum absolute atomic E-state index is 0.0351. The zero-order chi connectivity index (χ0) is 10.3. The number of hydrogen-bond acceptors (Lipinski definition) is 1. The van der Waals surface area contributed by atoms with Gasteiger partial charge in [-0.1, -0.05) is 0 Å². The maximum atomic E-state index is 13.1. The predicted molar refractivity (Wildman–Crippen MR) is 49.3 cm³/mol. The number of hydrogen-bond donors (Lipinski definition) is 0. The van der Waals surface area contributed by atoms with E-state index in [4.69, 9.17) is 0 Å². The van der Waals surface area contributed by atoms with Crippen molar-refractivity contribution in [3.05, 3.63) is 40.3 Å². The lowest BCUT2D eigenvalue weighted by Crippen LogP contribution is -1.93.